The SMILES string of the molecule is CO.COC(=O)C1=Nc2cc3c(-c4ccncc4)nn(C(c4ccccc4)(c4ccccc4)c4ccccc4)c3cc2C1.ClC(Cl)(Cl)C1=Nc2cc3c(-c4ccncc4)nn(C(c4ccccc4)(c4ccccc4)c4ccccc4)c3cc2C1. The van der Waals surface area contributed by atoms with Gasteiger partial charge in [0.2, 0.25) is 3.79 Å². The van der Waals surface area contributed by atoms with E-state index in [1.807, 2.05) is 66.7 Å². The number of benzene rings is 8. The number of nitrogens with zero attached hydrogens (tertiary/aromatic N) is 8. The Kier molecular flexibility index (Phi) is 15.4. The van der Waals surface area contributed by atoms with Crippen molar-refractivity contribution < 1.29 is 14.6 Å². The van der Waals surface area contributed by atoms with Crippen molar-refractivity contribution >= 4 is 85.4 Å². The second kappa shape index (κ2) is 23.5. The number of hydrogen-bond acceptors (Lipinski definition) is 9. The van der Waals surface area contributed by atoms with Crippen molar-refractivity contribution in [2.75, 3.05) is 14.2 Å². The third-order valence-corrected chi connectivity index (χ3v) is 16.1. The number of pyridine rings is 2. The van der Waals surface area contributed by atoms with Gasteiger partial charge in [0.25, 0.3) is 0 Å². The highest BCUT2D eigenvalue weighted by Gasteiger charge is 2.44. The molecular weight excluding hydrogens is 1110 g/mol. The lowest BCUT2D eigenvalue weighted by atomic mass is 9.77. The number of carbonyl (C=O) groups is 1. The fourth-order valence-electron chi connectivity index (χ4n) is 11.8. The van der Waals surface area contributed by atoms with Crippen molar-refractivity contribution in [1.82, 2.24) is 29.5 Å². The number of alkyl halides is 3. The molecule has 14 heteroatoms. The van der Waals surface area contributed by atoms with E-state index in [1.165, 1.54) is 7.11 Å². The summed E-state index contributed by atoms with van der Waals surface area (Å²) in [5.74, 6) is -0.409. The average Bonchev–Trinajstić information content (AvgIpc) is 1.73. The second-order valence-electron chi connectivity index (χ2n) is 20.1. The van der Waals surface area contributed by atoms with Gasteiger partial charge in [-0.2, -0.15) is 10.2 Å². The van der Waals surface area contributed by atoms with E-state index < -0.39 is 20.8 Å². The summed E-state index contributed by atoms with van der Waals surface area (Å²) in [5, 5.41) is 19.7. The molecule has 0 saturated carbocycles. The maximum atomic E-state index is 12.4. The Morgan fingerprint density at radius 3 is 1.10 bits per heavy atom. The van der Waals surface area contributed by atoms with Gasteiger partial charge in [-0.25, -0.2) is 19.2 Å². The van der Waals surface area contributed by atoms with Crippen LogP contribution in [-0.4, -0.2) is 70.0 Å². The van der Waals surface area contributed by atoms with Gasteiger partial charge < -0.3 is 9.84 Å². The number of halogens is 3. The Balaban J connectivity index is 0.000000161. The molecule has 0 radical (unpaired) electrons. The van der Waals surface area contributed by atoms with Gasteiger partial charge in [0.1, 0.15) is 28.2 Å². The lowest BCUT2D eigenvalue weighted by molar-refractivity contribution is -0.132. The van der Waals surface area contributed by atoms with Crippen LogP contribution in [0.2, 0.25) is 0 Å². The van der Waals surface area contributed by atoms with Crippen molar-refractivity contribution in [2.24, 2.45) is 9.98 Å². The van der Waals surface area contributed by atoms with Crippen molar-refractivity contribution in [3.05, 3.63) is 300 Å². The zero-order valence-electron chi connectivity index (χ0n) is 45.6. The fraction of sp³-hybridized carbons (Fsp3) is 0.100. The molecule has 6 heterocycles. The first kappa shape index (κ1) is 55.2. The summed E-state index contributed by atoms with van der Waals surface area (Å²) >= 11 is 18.8. The van der Waals surface area contributed by atoms with Crippen LogP contribution in [0.5, 0.6) is 0 Å². The molecule has 0 spiro atoms. The van der Waals surface area contributed by atoms with E-state index in [0.717, 1.165) is 107 Å². The largest absolute Gasteiger partial charge is 0.465 e. The Labute approximate surface area is 500 Å². The zero-order valence-corrected chi connectivity index (χ0v) is 47.9. The van der Waals surface area contributed by atoms with Gasteiger partial charge in [0, 0.05) is 66.6 Å². The van der Waals surface area contributed by atoms with Gasteiger partial charge in [0.05, 0.1) is 35.2 Å². The van der Waals surface area contributed by atoms with Crippen LogP contribution < -0.4 is 0 Å². The van der Waals surface area contributed by atoms with Gasteiger partial charge in [0.15, 0.2) is 0 Å². The molecule has 1 N–H and O–H groups in total. The fourth-order valence-corrected chi connectivity index (χ4v) is 12.1. The van der Waals surface area contributed by atoms with E-state index in [4.69, 9.17) is 59.8 Å². The Morgan fingerprint density at radius 2 is 0.774 bits per heavy atom. The average molecular weight is 1160 g/mol. The van der Waals surface area contributed by atoms with E-state index in [9.17, 15) is 4.79 Å². The molecule has 12 aromatic rings. The smallest absolute Gasteiger partial charge is 0.352 e. The first-order valence-electron chi connectivity index (χ1n) is 27.2. The van der Waals surface area contributed by atoms with Crippen molar-refractivity contribution in [3.8, 4) is 22.5 Å². The van der Waals surface area contributed by atoms with Crippen LogP contribution in [0.25, 0.3) is 44.3 Å². The number of esters is 1. The summed E-state index contributed by atoms with van der Waals surface area (Å²) in [5.41, 5.74) is 14.8. The predicted molar refractivity (Wildman–Crippen MR) is 337 cm³/mol. The third-order valence-electron chi connectivity index (χ3n) is 15.4. The minimum absolute atomic E-state index is 0.403. The third kappa shape index (κ3) is 9.84. The van der Waals surface area contributed by atoms with Crippen LogP contribution in [0.1, 0.15) is 44.5 Å². The van der Waals surface area contributed by atoms with E-state index >= 15 is 0 Å². The number of rotatable bonds is 11. The maximum absolute atomic E-state index is 12.4. The molecule has 0 bridgehead atoms. The Bertz CT molecular complexity index is 4160. The summed E-state index contributed by atoms with van der Waals surface area (Å²) in [7, 11) is 2.39. The predicted octanol–water partition coefficient (Wildman–Crippen LogP) is 15.3. The van der Waals surface area contributed by atoms with Crippen LogP contribution in [-0.2, 0) is 33.5 Å². The van der Waals surface area contributed by atoms with E-state index in [-0.39, 0.29) is 0 Å². The van der Waals surface area contributed by atoms with E-state index in [2.05, 4.69) is 188 Å². The lowest BCUT2D eigenvalue weighted by Gasteiger charge is -2.37. The summed E-state index contributed by atoms with van der Waals surface area (Å²) < 4.78 is 7.72. The Hall–Kier alpha value is -9.36. The molecule has 4 aromatic heterocycles. The molecule has 2 aliphatic rings. The number of aromatic nitrogens is 6. The van der Waals surface area contributed by atoms with Gasteiger partial charge in [-0.1, -0.05) is 217 Å². The molecule has 8 aromatic carbocycles. The van der Waals surface area contributed by atoms with Crippen LogP contribution in [0, 0.1) is 0 Å². The van der Waals surface area contributed by atoms with E-state index in [0.29, 0.717) is 24.3 Å². The first-order chi connectivity index (χ1) is 41.2. The number of fused-ring (bicyclic) bond motifs is 4. The molecule has 11 nitrogen and oxygen atoms in total. The Morgan fingerprint density at radius 1 is 0.452 bits per heavy atom. The number of aliphatic hydroxyl groups excluding tert-OH is 1. The number of aliphatic imine (C=N–C) groups is 2. The highest BCUT2D eigenvalue weighted by atomic mass is 35.6. The summed E-state index contributed by atoms with van der Waals surface area (Å²) in [6.07, 6.45) is 7.98. The first-order valence-corrected chi connectivity index (χ1v) is 28.3. The second-order valence-corrected chi connectivity index (χ2v) is 22.3. The molecule has 412 valence electrons. The van der Waals surface area contributed by atoms with Gasteiger partial charge in [-0.3, -0.25) is 15.0 Å². The van der Waals surface area contributed by atoms with Gasteiger partial charge in [-0.15, -0.1) is 0 Å². The quantitative estimate of drug-likeness (QED) is 0.0775. The summed E-state index contributed by atoms with van der Waals surface area (Å²) in [4.78, 5) is 30.3. The van der Waals surface area contributed by atoms with Crippen LogP contribution in [0.3, 0.4) is 0 Å². The molecule has 14 rings (SSSR count). The standard InChI is InChI=1S/C35H26N4O2.C34H23Cl3N4.CH4O/c1-41-34(40)31-21-25-22-32-29(23-30(25)37-31)33(24-17-19-36-20-18-24)38-39(32)35(26-11-5-2-6-12-26,27-13-7-3-8-14-27)28-15-9-4-10-16-28;35-34(36,37)31-21-24-20-30-28(22-29(24)39-31)32(23-16-18-38-19-17-23)40-41(30)33(25-10-4-1-5-11-25,26-12-6-2-7-13-26)27-14-8-3-9-15-27;1-2/h2-20,22-23H,21H2,1H3;1-20,22H,21H2;2H,1H3. The molecule has 2 aliphatic heterocycles. The molecule has 0 saturated heterocycles. The van der Waals surface area contributed by atoms with Crippen LogP contribution in [0.15, 0.2) is 265 Å². The monoisotopic (exact) mass is 1160 g/mol. The molecule has 0 atom stereocenters. The minimum Gasteiger partial charge on any atom is -0.465 e. The summed E-state index contributed by atoms with van der Waals surface area (Å²) in [6.45, 7) is 0. The maximum Gasteiger partial charge on any atom is 0.352 e. The molecule has 84 heavy (non-hydrogen) atoms. The van der Waals surface area contributed by atoms with Gasteiger partial charge >= 0.3 is 5.97 Å². The number of hydrogen-bond donors (Lipinski definition) is 1. The molecule has 0 unspecified atom stereocenters. The number of methoxy groups -OCH3 is 1. The van der Waals surface area contributed by atoms with Gasteiger partial charge in [-0.05, 0) is 93.0 Å². The highest BCUT2D eigenvalue weighted by Crippen LogP contribution is 2.49. The number of aliphatic hydroxyl groups is 1. The van der Waals surface area contributed by atoms with Crippen molar-refractivity contribution in [1.29, 1.82) is 0 Å². The highest BCUT2D eigenvalue weighted by molar-refractivity contribution is 6.77. The lowest BCUT2D eigenvalue weighted by Crippen LogP contribution is -2.38. The van der Waals surface area contributed by atoms with Crippen LogP contribution in [0.4, 0.5) is 11.4 Å². The number of carbonyl (C=O) groups excluding carboxylic acids is 1. The summed E-state index contributed by atoms with van der Waals surface area (Å²) in [6, 6.07) is 79.3. The molecule has 0 fully saturated rings. The molecule has 0 amide bonds. The zero-order chi connectivity index (χ0) is 57.8. The van der Waals surface area contributed by atoms with Crippen LogP contribution >= 0.6 is 34.8 Å². The minimum atomic E-state index is -1.58. The van der Waals surface area contributed by atoms with E-state index in [1.54, 1.807) is 24.8 Å². The number of ether oxygens (including phenoxy) is 1. The molecule has 0 aliphatic carbocycles. The topological polar surface area (TPSA) is 133 Å². The van der Waals surface area contributed by atoms with Crippen molar-refractivity contribution in [3.63, 3.8) is 0 Å². The molecular formula is C70H53Cl3N8O3. The van der Waals surface area contributed by atoms with Crippen molar-refractivity contribution in [2.45, 2.75) is 27.7 Å². The normalized spacial score (nSPS) is 12.7.